The zero-order valence-corrected chi connectivity index (χ0v) is 18.2. The Morgan fingerprint density at radius 1 is 1.13 bits per heavy atom. The van der Waals surface area contributed by atoms with E-state index < -0.39 is 15.1 Å². The lowest BCUT2D eigenvalue weighted by Crippen LogP contribution is -2.23. The molecule has 0 aliphatic heterocycles. The SMILES string of the molecule is CCn1c(CS(=O)(=O)c2ccccc2)nnc1SC(C)C(=O)Nc1ccc(O)cc1. The number of phenolic OH excluding ortho intramolecular Hbond substituents is 1. The molecule has 30 heavy (non-hydrogen) atoms. The van der Waals surface area contributed by atoms with E-state index in [1.807, 2.05) is 6.92 Å². The predicted octanol–water partition coefficient (Wildman–Crippen LogP) is 3.10. The fourth-order valence-corrected chi connectivity index (χ4v) is 4.94. The standard InChI is InChI=1S/C20H22N4O4S2/c1-3-24-18(13-30(27,28)17-7-5-4-6-8-17)22-23-20(24)29-14(2)19(26)21-15-9-11-16(25)12-10-15/h4-12,14,25H,3,13H2,1-2H3,(H,21,26). The maximum Gasteiger partial charge on any atom is 0.237 e. The van der Waals surface area contributed by atoms with Gasteiger partial charge in [0.1, 0.15) is 17.3 Å². The highest BCUT2D eigenvalue weighted by Gasteiger charge is 2.23. The maximum atomic E-state index is 12.7. The minimum atomic E-state index is -3.55. The fraction of sp³-hybridized carbons (Fsp3) is 0.250. The monoisotopic (exact) mass is 446 g/mol. The number of carbonyl (C=O) groups excluding carboxylic acids is 1. The van der Waals surface area contributed by atoms with E-state index in [2.05, 4.69) is 15.5 Å². The molecule has 10 heteroatoms. The molecule has 1 aromatic heterocycles. The van der Waals surface area contributed by atoms with Gasteiger partial charge in [-0.3, -0.25) is 4.79 Å². The number of phenols is 1. The zero-order valence-electron chi connectivity index (χ0n) is 16.5. The molecule has 3 rings (SSSR count). The summed E-state index contributed by atoms with van der Waals surface area (Å²) in [6.45, 7) is 4.07. The van der Waals surface area contributed by atoms with Crippen molar-refractivity contribution in [3.63, 3.8) is 0 Å². The molecule has 0 radical (unpaired) electrons. The molecule has 0 bridgehead atoms. The lowest BCUT2D eigenvalue weighted by molar-refractivity contribution is -0.115. The highest BCUT2D eigenvalue weighted by molar-refractivity contribution is 8.00. The molecule has 1 amide bonds. The van der Waals surface area contributed by atoms with Gasteiger partial charge < -0.3 is 15.0 Å². The second-order valence-corrected chi connectivity index (χ2v) is 9.81. The number of aromatic hydroxyl groups is 1. The van der Waals surface area contributed by atoms with Gasteiger partial charge in [-0.05, 0) is 50.2 Å². The van der Waals surface area contributed by atoms with Gasteiger partial charge in [0, 0.05) is 12.2 Å². The van der Waals surface area contributed by atoms with Crippen LogP contribution in [0.1, 0.15) is 19.7 Å². The number of hydrogen-bond donors (Lipinski definition) is 2. The first-order chi connectivity index (χ1) is 14.3. The van der Waals surface area contributed by atoms with Crippen molar-refractivity contribution in [2.24, 2.45) is 0 Å². The Balaban J connectivity index is 1.72. The average Bonchev–Trinajstić information content (AvgIpc) is 3.10. The molecule has 1 unspecified atom stereocenters. The number of hydrogen-bond acceptors (Lipinski definition) is 7. The Hall–Kier alpha value is -2.85. The number of nitrogens with one attached hydrogen (secondary N) is 1. The summed E-state index contributed by atoms with van der Waals surface area (Å²) < 4.78 is 27.0. The molecular weight excluding hydrogens is 424 g/mol. The van der Waals surface area contributed by atoms with Crippen molar-refractivity contribution in [2.75, 3.05) is 5.32 Å². The van der Waals surface area contributed by atoms with Crippen LogP contribution in [0.25, 0.3) is 0 Å². The Morgan fingerprint density at radius 3 is 2.43 bits per heavy atom. The molecular formula is C20H22N4O4S2. The topological polar surface area (TPSA) is 114 Å². The van der Waals surface area contributed by atoms with Gasteiger partial charge in [0.05, 0.1) is 10.1 Å². The average molecular weight is 447 g/mol. The van der Waals surface area contributed by atoms with Crippen LogP contribution >= 0.6 is 11.8 Å². The predicted molar refractivity (Wildman–Crippen MR) is 115 cm³/mol. The van der Waals surface area contributed by atoms with Crippen molar-refractivity contribution in [1.82, 2.24) is 14.8 Å². The van der Waals surface area contributed by atoms with E-state index >= 15 is 0 Å². The van der Waals surface area contributed by atoms with Gasteiger partial charge in [0.25, 0.3) is 0 Å². The van der Waals surface area contributed by atoms with Crippen LogP contribution in [0, 0.1) is 0 Å². The van der Waals surface area contributed by atoms with Gasteiger partial charge in [-0.25, -0.2) is 8.42 Å². The summed E-state index contributed by atoms with van der Waals surface area (Å²) in [5, 5.41) is 20.2. The minimum Gasteiger partial charge on any atom is -0.508 e. The Morgan fingerprint density at radius 2 is 1.80 bits per heavy atom. The third-order valence-corrected chi connectivity index (χ3v) is 7.03. The van der Waals surface area contributed by atoms with Gasteiger partial charge in [-0.2, -0.15) is 0 Å². The fourth-order valence-electron chi connectivity index (χ4n) is 2.71. The molecule has 3 aromatic rings. The number of thioether (sulfide) groups is 1. The highest BCUT2D eigenvalue weighted by atomic mass is 32.2. The molecule has 0 fully saturated rings. The van der Waals surface area contributed by atoms with Crippen molar-refractivity contribution in [3.8, 4) is 5.75 Å². The molecule has 1 heterocycles. The van der Waals surface area contributed by atoms with Gasteiger partial charge in [0.2, 0.25) is 5.91 Å². The van der Waals surface area contributed by atoms with Gasteiger partial charge >= 0.3 is 0 Å². The van der Waals surface area contributed by atoms with E-state index in [0.717, 1.165) is 0 Å². The van der Waals surface area contributed by atoms with Gasteiger partial charge in [-0.1, -0.05) is 30.0 Å². The summed E-state index contributed by atoms with van der Waals surface area (Å²) in [5.41, 5.74) is 0.567. The van der Waals surface area contributed by atoms with Crippen LogP contribution in [0.5, 0.6) is 5.75 Å². The number of nitrogens with zero attached hydrogens (tertiary/aromatic N) is 3. The van der Waals surface area contributed by atoms with Crippen LogP contribution in [-0.4, -0.2) is 39.4 Å². The summed E-state index contributed by atoms with van der Waals surface area (Å²) in [4.78, 5) is 12.7. The van der Waals surface area contributed by atoms with Gasteiger partial charge in [0.15, 0.2) is 15.0 Å². The largest absolute Gasteiger partial charge is 0.508 e. The van der Waals surface area contributed by atoms with Crippen LogP contribution < -0.4 is 5.32 Å². The Labute approximate surface area is 179 Å². The Bertz CT molecular complexity index is 1110. The molecule has 0 saturated carbocycles. The molecule has 2 aromatic carbocycles. The smallest absolute Gasteiger partial charge is 0.237 e. The second-order valence-electron chi connectivity index (χ2n) is 6.51. The molecule has 1 atom stereocenters. The van der Waals surface area contributed by atoms with Crippen LogP contribution in [0.4, 0.5) is 5.69 Å². The third-order valence-electron chi connectivity index (χ3n) is 4.32. The quantitative estimate of drug-likeness (QED) is 0.404. The van der Waals surface area contributed by atoms with Crippen molar-refractivity contribution in [3.05, 3.63) is 60.4 Å². The molecule has 0 aliphatic rings. The van der Waals surface area contributed by atoms with Crippen molar-refractivity contribution in [2.45, 2.75) is 41.4 Å². The molecule has 8 nitrogen and oxygen atoms in total. The van der Waals surface area contributed by atoms with E-state index in [0.29, 0.717) is 23.2 Å². The lowest BCUT2D eigenvalue weighted by Gasteiger charge is -2.13. The molecule has 158 valence electrons. The van der Waals surface area contributed by atoms with E-state index in [1.54, 1.807) is 54.0 Å². The van der Waals surface area contributed by atoms with E-state index in [1.165, 1.54) is 23.9 Å². The summed E-state index contributed by atoms with van der Waals surface area (Å²) >= 11 is 1.20. The molecule has 2 N–H and O–H groups in total. The van der Waals surface area contributed by atoms with Crippen LogP contribution in [0.3, 0.4) is 0 Å². The first kappa shape index (κ1) is 21.8. The first-order valence-corrected chi connectivity index (χ1v) is 11.8. The number of anilines is 1. The Kier molecular flexibility index (Phi) is 6.78. The number of amides is 1. The van der Waals surface area contributed by atoms with Crippen molar-refractivity contribution >= 4 is 33.2 Å². The number of benzene rings is 2. The van der Waals surface area contributed by atoms with Crippen LogP contribution in [0.2, 0.25) is 0 Å². The van der Waals surface area contributed by atoms with Crippen molar-refractivity contribution in [1.29, 1.82) is 0 Å². The van der Waals surface area contributed by atoms with Gasteiger partial charge in [-0.15, -0.1) is 10.2 Å². The molecule has 0 spiro atoms. The van der Waals surface area contributed by atoms with Crippen molar-refractivity contribution < 1.29 is 18.3 Å². The number of carbonyl (C=O) groups is 1. The van der Waals surface area contributed by atoms with Crippen LogP contribution in [0.15, 0.2) is 64.6 Å². The highest BCUT2D eigenvalue weighted by Crippen LogP contribution is 2.25. The normalized spacial score (nSPS) is 12.5. The lowest BCUT2D eigenvalue weighted by atomic mass is 10.3. The summed E-state index contributed by atoms with van der Waals surface area (Å²) in [6, 6.07) is 14.4. The van der Waals surface area contributed by atoms with E-state index in [4.69, 9.17) is 0 Å². The summed E-state index contributed by atoms with van der Waals surface area (Å²) in [5.74, 6) is -0.0683. The van der Waals surface area contributed by atoms with E-state index in [9.17, 15) is 18.3 Å². The number of aromatic nitrogens is 3. The number of sulfone groups is 1. The third kappa shape index (κ3) is 5.19. The number of rotatable bonds is 8. The second kappa shape index (κ2) is 9.31. The first-order valence-electron chi connectivity index (χ1n) is 9.26. The molecule has 0 saturated heterocycles. The summed E-state index contributed by atoms with van der Waals surface area (Å²) in [6.07, 6.45) is 0. The molecule has 0 aliphatic carbocycles. The summed E-state index contributed by atoms with van der Waals surface area (Å²) in [7, 11) is -3.55. The van der Waals surface area contributed by atoms with E-state index in [-0.39, 0.29) is 22.3 Å². The minimum absolute atomic E-state index is 0.115. The maximum absolute atomic E-state index is 12.7. The van der Waals surface area contributed by atoms with Crippen LogP contribution in [-0.2, 0) is 26.9 Å². The zero-order chi connectivity index (χ0) is 21.7.